The summed E-state index contributed by atoms with van der Waals surface area (Å²) in [5.41, 5.74) is 0.829. The molecule has 1 fully saturated rings. The van der Waals surface area contributed by atoms with Gasteiger partial charge in [-0.05, 0) is 49.9 Å². The summed E-state index contributed by atoms with van der Waals surface area (Å²) in [4.78, 5) is 10.6. The van der Waals surface area contributed by atoms with Gasteiger partial charge in [-0.2, -0.15) is 0 Å². The summed E-state index contributed by atoms with van der Waals surface area (Å²) in [5, 5.41) is 11.7. The maximum Gasteiger partial charge on any atom is 0.303 e. The molecule has 1 saturated carbocycles. The predicted octanol–water partition coefficient (Wildman–Crippen LogP) is 1.79. The monoisotopic (exact) mass is 312 g/mol. The van der Waals surface area contributed by atoms with Crippen molar-refractivity contribution in [3.8, 4) is 0 Å². The van der Waals surface area contributed by atoms with E-state index in [0.717, 1.165) is 24.9 Å². The minimum Gasteiger partial charge on any atom is -0.481 e. The fourth-order valence-electron chi connectivity index (χ4n) is 1.87. The fraction of sp³-hybridized carbons (Fsp3) is 0.500. The van der Waals surface area contributed by atoms with Crippen molar-refractivity contribution < 1.29 is 18.3 Å². The lowest BCUT2D eigenvalue weighted by Crippen LogP contribution is -2.25. The highest BCUT2D eigenvalue weighted by Gasteiger charge is 2.27. The molecule has 0 heterocycles. The van der Waals surface area contributed by atoms with Crippen molar-refractivity contribution in [1.29, 1.82) is 0 Å². The molecule has 0 spiro atoms. The lowest BCUT2D eigenvalue weighted by Gasteiger charge is -2.08. The van der Waals surface area contributed by atoms with E-state index in [1.165, 1.54) is 0 Å². The van der Waals surface area contributed by atoms with Crippen molar-refractivity contribution in [2.45, 2.75) is 43.0 Å². The Morgan fingerprint density at radius 3 is 2.43 bits per heavy atom. The third kappa shape index (κ3) is 5.35. The van der Waals surface area contributed by atoms with Crippen LogP contribution in [0.25, 0.3) is 0 Å². The Hall–Kier alpha value is -1.60. The number of hydrogen-bond donors (Lipinski definition) is 3. The highest BCUT2D eigenvalue weighted by molar-refractivity contribution is 7.89. The van der Waals surface area contributed by atoms with Crippen molar-refractivity contribution in [2.24, 2.45) is 0 Å². The van der Waals surface area contributed by atoms with E-state index < -0.39 is 16.0 Å². The fourth-order valence-corrected chi connectivity index (χ4v) is 3.18. The molecule has 0 radical (unpaired) electrons. The van der Waals surface area contributed by atoms with Crippen LogP contribution in [0, 0.1) is 0 Å². The maximum absolute atomic E-state index is 12.0. The maximum atomic E-state index is 12.0. The minimum absolute atomic E-state index is 0.0991. The topological polar surface area (TPSA) is 95.5 Å². The zero-order valence-corrected chi connectivity index (χ0v) is 12.5. The van der Waals surface area contributed by atoms with Gasteiger partial charge >= 0.3 is 5.97 Å². The van der Waals surface area contributed by atoms with Gasteiger partial charge in [-0.25, -0.2) is 13.1 Å². The Morgan fingerprint density at radius 1 is 1.19 bits per heavy atom. The second kappa shape index (κ2) is 6.91. The Balaban J connectivity index is 1.80. The van der Waals surface area contributed by atoms with Gasteiger partial charge in [-0.3, -0.25) is 4.79 Å². The molecule has 1 aliphatic carbocycles. The number of rotatable bonds is 9. The number of carboxylic acids is 1. The minimum atomic E-state index is -3.40. The number of sulfonamides is 1. The third-order valence-electron chi connectivity index (χ3n) is 3.21. The van der Waals surface area contributed by atoms with Crippen LogP contribution >= 0.6 is 0 Å². The van der Waals surface area contributed by atoms with Crippen molar-refractivity contribution in [3.05, 3.63) is 24.3 Å². The molecule has 0 amide bonds. The van der Waals surface area contributed by atoms with Crippen molar-refractivity contribution in [1.82, 2.24) is 4.72 Å². The molecule has 21 heavy (non-hydrogen) atoms. The number of aliphatic carboxylic acids is 1. The number of unbranched alkanes of at least 4 members (excludes halogenated alkanes) is 1. The Labute approximate surface area is 124 Å². The Morgan fingerprint density at radius 2 is 1.86 bits per heavy atom. The van der Waals surface area contributed by atoms with Crippen LogP contribution in [-0.2, 0) is 14.8 Å². The van der Waals surface area contributed by atoms with Gasteiger partial charge in [-0.15, -0.1) is 0 Å². The van der Waals surface area contributed by atoms with Crippen LogP contribution in [0.5, 0.6) is 0 Å². The van der Waals surface area contributed by atoms with Crippen LogP contribution in [0.15, 0.2) is 29.2 Å². The summed E-state index contributed by atoms with van der Waals surface area (Å²) in [5.74, 6) is -0.785. The van der Waals surface area contributed by atoms with E-state index in [4.69, 9.17) is 5.11 Å². The van der Waals surface area contributed by atoms with Crippen LogP contribution < -0.4 is 10.0 Å². The molecule has 116 valence electrons. The molecule has 0 aromatic heterocycles. The predicted molar refractivity (Wildman–Crippen MR) is 79.8 cm³/mol. The van der Waals surface area contributed by atoms with E-state index in [9.17, 15) is 13.2 Å². The van der Waals surface area contributed by atoms with Gasteiger partial charge in [0.2, 0.25) is 10.0 Å². The largest absolute Gasteiger partial charge is 0.481 e. The summed E-state index contributed by atoms with van der Waals surface area (Å²) < 4.78 is 26.6. The SMILES string of the molecule is O=C(O)CCCCNc1ccc(S(=O)(=O)NC2CC2)cc1. The zero-order valence-electron chi connectivity index (χ0n) is 11.7. The molecule has 6 nitrogen and oxygen atoms in total. The molecule has 1 aliphatic rings. The van der Waals surface area contributed by atoms with Crippen molar-refractivity contribution >= 4 is 21.7 Å². The van der Waals surface area contributed by atoms with E-state index >= 15 is 0 Å². The molecule has 1 aromatic rings. The lowest BCUT2D eigenvalue weighted by atomic mass is 10.2. The molecule has 0 aliphatic heterocycles. The number of carboxylic acid groups (broad SMARTS) is 1. The van der Waals surface area contributed by atoms with Crippen molar-refractivity contribution in [2.75, 3.05) is 11.9 Å². The molecule has 3 N–H and O–H groups in total. The average molecular weight is 312 g/mol. The molecule has 0 atom stereocenters. The van der Waals surface area contributed by atoms with E-state index in [1.54, 1.807) is 24.3 Å². The van der Waals surface area contributed by atoms with E-state index in [-0.39, 0.29) is 17.4 Å². The van der Waals surface area contributed by atoms with Crippen LogP contribution in [0.3, 0.4) is 0 Å². The number of benzene rings is 1. The van der Waals surface area contributed by atoms with Crippen molar-refractivity contribution in [3.63, 3.8) is 0 Å². The average Bonchev–Trinajstić information content (AvgIpc) is 3.22. The first kappa shape index (κ1) is 15.8. The van der Waals surface area contributed by atoms with E-state index in [1.807, 2.05) is 0 Å². The molecule has 0 unspecified atom stereocenters. The van der Waals surface area contributed by atoms with Gasteiger partial charge in [0.1, 0.15) is 0 Å². The smallest absolute Gasteiger partial charge is 0.303 e. The molecule has 0 bridgehead atoms. The Bertz CT molecular complexity index is 579. The van der Waals surface area contributed by atoms with Crippen LogP contribution in [0.1, 0.15) is 32.1 Å². The van der Waals surface area contributed by atoms with Gasteiger partial charge in [0.25, 0.3) is 0 Å². The quantitative estimate of drug-likeness (QED) is 0.604. The highest BCUT2D eigenvalue weighted by atomic mass is 32.2. The molecule has 1 aromatic carbocycles. The third-order valence-corrected chi connectivity index (χ3v) is 4.75. The van der Waals surface area contributed by atoms with Gasteiger partial charge in [0.15, 0.2) is 0 Å². The van der Waals surface area contributed by atoms with Gasteiger partial charge in [0.05, 0.1) is 4.90 Å². The first-order chi connectivity index (χ1) is 9.97. The van der Waals surface area contributed by atoms with Crippen LogP contribution in [0.4, 0.5) is 5.69 Å². The lowest BCUT2D eigenvalue weighted by molar-refractivity contribution is -0.137. The molecule has 2 rings (SSSR count). The molecule has 7 heteroatoms. The van der Waals surface area contributed by atoms with Gasteiger partial charge in [0, 0.05) is 24.7 Å². The summed E-state index contributed by atoms with van der Waals surface area (Å²) in [6, 6.07) is 6.69. The first-order valence-electron chi connectivity index (χ1n) is 7.05. The summed E-state index contributed by atoms with van der Waals surface area (Å²) >= 11 is 0. The van der Waals surface area contributed by atoms with Crippen LogP contribution in [-0.4, -0.2) is 32.1 Å². The number of carbonyl (C=O) groups is 1. The highest BCUT2D eigenvalue weighted by Crippen LogP contribution is 2.22. The molecular weight excluding hydrogens is 292 g/mol. The molecular formula is C14H20N2O4S. The normalized spacial score (nSPS) is 14.9. The molecule has 0 saturated heterocycles. The number of hydrogen-bond acceptors (Lipinski definition) is 4. The van der Waals surface area contributed by atoms with Gasteiger partial charge < -0.3 is 10.4 Å². The summed E-state index contributed by atoms with van der Waals surface area (Å²) in [6.07, 6.45) is 3.38. The van der Waals surface area contributed by atoms with Crippen LogP contribution in [0.2, 0.25) is 0 Å². The zero-order chi connectivity index (χ0) is 15.3. The second-order valence-corrected chi connectivity index (χ2v) is 6.91. The van der Waals surface area contributed by atoms with E-state index in [2.05, 4.69) is 10.0 Å². The Kier molecular flexibility index (Phi) is 5.19. The second-order valence-electron chi connectivity index (χ2n) is 5.20. The number of nitrogens with one attached hydrogen (secondary N) is 2. The van der Waals surface area contributed by atoms with E-state index in [0.29, 0.717) is 13.0 Å². The standard InChI is InChI=1S/C14H20N2O4S/c17-14(18)3-1-2-10-15-11-6-8-13(9-7-11)21(19,20)16-12-4-5-12/h6-9,12,15-16H,1-5,10H2,(H,17,18). The summed E-state index contributed by atoms with van der Waals surface area (Å²) in [6.45, 7) is 0.666. The number of anilines is 1. The summed E-state index contributed by atoms with van der Waals surface area (Å²) in [7, 11) is -3.40. The van der Waals surface area contributed by atoms with Gasteiger partial charge in [-0.1, -0.05) is 0 Å². The first-order valence-corrected chi connectivity index (χ1v) is 8.54.